The molecular weight excluding hydrogens is 195 g/mol. The molecular formula is C11H9FN2O. The summed E-state index contributed by atoms with van der Waals surface area (Å²) in [6.45, 7) is 0. The minimum atomic E-state index is -0.417. The number of hydrogen-bond donors (Lipinski definition) is 1. The first-order valence-electron chi connectivity index (χ1n) is 4.47. The van der Waals surface area contributed by atoms with Crippen molar-refractivity contribution in [1.29, 1.82) is 5.26 Å². The summed E-state index contributed by atoms with van der Waals surface area (Å²) in [6.07, 6.45) is 1.92. The summed E-state index contributed by atoms with van der Waals surface area (Å²) in [7, 11) is 1.42. The Bertz CT molecular complexity index is 539. The van der Waals surface area contributed by atoms with Gasteiger partial charge < -0.3 is 9.72 Å². The predicted octanol–water partition coefficient (Wildman–Crippen LogP) is 2.38. The Balaban J connectivity index is 2.66. The Labute approximate surface area is 86.1 Å². The molecule has 0 bridgehead atoms. The largest absolute Gasteiger partial charge is 0.494 e. The van der Waals surface area contributed by atoms with E-state index in [4.69, 9.17) is 10.00 Å². The van der Waals surface area contributed by atoms with Crippen molar-refractivity contribution in [2.24, 2.45) is 0 Å². The van der Waals surface area contributed by atoms with E-state index in [2.05, 4.69) is 4.98 Å². The maximum atomic E-state index is 13.7. The predicted molar refractivity (Wildman–Crippen MR) is 54.1 cm³/mol. The molecule has 0 saturated carbocycles. The van der Waals surface area contributed by atoms with E-state index < -0.39 is 5.82 Å². The maximum absolute atomic E-state index is 13.7. The van der Waals surface area contributed by atoms with Crippen molar-refractivity contribution < 1.29 is 9.13 Å². The van der Waals surface area contributed by atoms with E-state index in [1.54, 1.807) is 18.3 Å². The Morgan fingerprint density at radius 3 is 3.00 bits per heavy atom. The summed E-state index contributed by atoms with van der Waals surface area (Å²) in [5.74, 6) is -0.216. The van der Waals surface area contributed by atoms with Gasteiger partial charge in [-0.25, -0.2) is 4.39 Å². The van der Waals surface area contributed by atoms with E-state index in [9.17, 15) is 4.39 Å². The monoisotopic (exact) mass is 204 g/mol. The molecule has 76 valence electrons. The maximum Gasteiger partial charge on any atom is 0.189 e. The third-order valence-electron chi connectivity index (χ3n) is 2.33. The zero-order valence-electron chi connectivity index (χ0n) is 8.17. The highest BCUT2D eigenvalue weighted by Crippen LogP contribution is 2.27. The van der Waals surface area contributed by atoms with Crippen molar-refractivity contribution >= 4 is 10.9 Å². The molecule has 4 heteroatoms. The van der Waals surface area contributed by atoms with Crippen LogP contribution in [0.25, 0.3) is 10.9 Å². The van der Waals surface area contributed by atoms with Crippen LogP contribution in [-0.2, 0) is 6.42 Å². The lowest BCUT2D eigenvalue weighted by molar-refractivity contribution is 0.388. The molecule has 1 aromatic heterocycles. The van der Waals surface area contributed by atoms with E-state index in [-0.39, 0.29) is 12.2 Å². The number of aromatic amines is 1. The van der Waals surface area contributed by atoms with Gasteiger partial charge in [0.25, 0.3) is 0 Å². The minimum absolute atomic E-state index is 0.202. The molecule has 0 radical (unpaired) electrons. The van der Waals surface area contributed by atoms with Gasteiger partial charge in [-0.15, -0.1) is 0 Å². The molecule has 0 atom stereocenters. The molecule has 0 fully saturated rings. The van der Waals surface area contributed by atoms with Crippen LogP contribution in [0, 0.1) is 17.1 Å². The molecule has 0 unspecified atom stereocenters. The summed E-state index contributed by atoms with van der Waals surface area (Å²) in [5.41, 5.74) is 1.19. The first kappa shape index (κ1) is 9.53. The number of methoxy groups -OCH3 is 1. The zero-order chi connectivity index (χ0) is 10.8. The molecule has 1 heterocycles. The average Bonchev–Trinajstić information content (AvgIpc) is 2.64. The van der Waals surface area contributed by atoms with Gasteiger partial charge in [0.2, 0.25) is 0 Å². The first-order chi connectivity index (χ1) is 7.27. The number of benzene rings is 1. The second-order valence-electron chi connectivity index (χ2n) is 3.15. The molecule has 3 nitrogen and oxygen atoms in total. The Morgan fingerprint density at radius 1 is 1.53 bits per heavy atom. The van der Waals surface area contributed by atoms with Gasteiger partial charge in [-0.1, -0.05) is 0 Å². The van der Waals surface area contributed by atoms with Crippen LogP contribution in [-0.4, -0.2) is 12.1 Å². The van der Waals surface area contributed by atoms with Crippen LogP contribution < -0.4 is 4.74 Å². The van der Waals surface area contributed by atoms with Crippen molar-refractivity contribution in [3.05, 3.63) is 29.7 Å². The van der Waals surface area contributed by atoms with Gasteiger partial charge >= 0.3 is 0 Å². The van der Waals surface area contributed by atoms with Crippen molar-refractivity contribution in [3.63, 3.8) is 0 Å². The van der Waals surface area contributed by atoms with Crippen molar-refractivity contribution in [2.75, 3.05) is 7.11 Å². The van der Waals surface area contributed by atoms with Gasteiger partial charge in [-0.05, 0) is 17.7 Å². The van der Waals surface area contributed by atoms with Crippen LogP contribution in [0.3, 0.4) is 0 Å². The summed E-state index contributed by atoms with van der Waals surface area (Å²) in [5, 5.41) is 9.32. The number of aromatic nitrogens is 1. The molecule has 0 aliphatic carbocycles. The number of nitriles is 1. The second-order valence-corrected chi connectivity index (χ2v) is 3.15. The van der Waals surface area contributed by atoms with Crippen LogP contribution in [0.4, 0.5) is 4.39 Å². The molecule has 2 rings (SSSR count). The van der Waals surface area contributed by atoms with E-state index in [1.165, 1.54) is 7.11 Å². The number of ether oxygens (including phenoxy) is 1. The zero-order valence-corrected chi connectivity index (χ0v) is 8.17. The third-order valence-corrected chi connectivity index (χ3v) is 2.33. The lowest BCUT2D eigenvalue weighted by Gasteiger charge is -2.02. The van der Waals surface area contributed by atoms with Gasteiger partial charge in [0.05, 0.1) is 25.1 Å². The fourth-order valence-corrected chi connectivity index (χ4v) is 1.59. The van der Waals surface area contributed by atoms with Crippen molar-refractivity contribution in [3.8, 4) is 11.8 Å². The molecule has 0 amide bonds. The quantitative estimate of drug-likeness (QED) is 0.816. The molecule has 15 heavy (non-hydrogen) atoms. The van der Waals surface area contributed by atoms with Crippen LogP contribution in [0.1, 0.15) is 5.56 Å². The highest BCUT2D eigenvalue weighted by molar-refractivity contribution is 5.85. The van der Waals surface area contributed by atoms with Crippen LogP contribution in [0.5, 0.6) is 5.75 Å². The fraction of sp³-hybridized carbons (Fsp3) is 0.182. The van der Waals surface area contributed by atoms with Gasteiger partial charge in [0.1, 0.15) is 0 Å². The molecule has 1 N–H and O–H groups in total. The Hall–Kier alpha value is -2.02. The molecule has 0 aliphatic rings. The summed E-state index contributed by atoms with van der Waals surface area (Å²) in [4.78, 5) is 2.81. The van der Waals surface area contributed by atoms with Gasteiger partial charge in [-0.3, -0.25) is 0 Å². The van der Waals surface area contributed by atoms with E-state index in [0.717, 1.165) is 10.9 Å². The van der Waals surface area contributed by atoms with E-state index in [0.29, 0.717) is 5.52 Å². The number of halogens is 1. The van der Waals surface area contributed by atoms with Gasteiger partial charge in [0, 0.05) is 11.6 Å². The third kappa shape index (κ3) is 1.42. The molecule has 1 aromatic carbocycles. The number of hydrogen-bond acceptors (Lipinski definition) is 2. The van der Waals surface area contributed by atoms with Crippen molar-refractivity contribution in [1.82, 2.24) is 4.98 Å². The second kappa shape index (κ2) is 3.62. The number of nitrogens with zero attached hydrogens (tertiary/aromatic N) is 1. The normalized spacial score (nSPS) is 10.2. The molecule has 2 aromatic rings. The topological polar surface area (TPSA) is 48.8 Å². The number of rotatable bonds is 2. The van der Waals surface area contributed by atoms with E-state index in [1.807, 2.05) is 6.07 Å². The fourth-order valence-electron chi connectivity index (χ4n) is 1.59. The molecule has 0 saturated heterocycles. The van der Waals surface area contributed by atoms with Crippen molar-refractivity contribution in [2.45, 2.75) is 6.42 Å². The van der Waals surface area contributed by atoms with Crippen LogP contribution >= 0.6 is 0 Å². The SMILES string of the molecule is COc1ccc2c(CC#N)c[nH]c2c1F. The number of nitrogens with one attached hydrogen (secondary N) is 1. The Kier molecular flexibility index (Phi) is 2.30. The van der Waals surface area contributed by atoms with Gasteiger partial charge in [-0.2, -0.15) is 5.26 Å². The van der Waals surface area contributed by atoms with E-state index >= 15 is 0 Å². The average molecular weight is 204 g/mol. The lowest BCUT2D eigenvalue weighted by Crippen LogP contribution is -1.88. The summed E-state index contributed by atoms with van der Waals surface area (Å²) < 4.78 is 18.5. The van der Waals surface area contributed by atoms with Crippen LogP contribution in [0.15, 0.2) is 18.3 Å². The molecule has 0 spiro atoms. The highest BCUT2D eigenvalue weighted by atomic mass is 19.1. The first-order valence-corrected chi connectivity index (χ1v) is 4.47. The standard InChI is InChI=1S/C11H9FN2O/c1-15-9-3-2-8-7(4-5-13)6-14-11(8)10(9)12/h2-3,6,14H,4H2,1H3. The number of H-pyrrole nitrogens is 1. The van der Waals surface area contributed by atoms with Gasteiger partial charge in [0.15, 0.2) is 11.6 Å². The number of fused-ring (bicyclic) bond motifs is 1. The minimum Gasteiger partial charge on any atom is -0.494 e. The highest BCUT2D eigenvalue weighted by Gasteiger charge is 2.11. The lowest BCUT2D eigenvalue weighted by atomic mass is 10.1. The summed E-state index contributed by atoms with van der Waals surface area (Å²) in [6, 6.07) is 5.35. The molecule has 0 aliphatic heterocycles. The summed E-state index contributed by atoms with van der Waals surface area (Å²) >= 11 is 0. The Morgan fingerprint density at radius 2 is 2.33 bits per heavy atom. The van der Waals surface area contributed by atoms with Crippen LogP contribution in [0.2, 0.25) is 0 Å². The smallest absolute Gasteiger partial charge is 0.189 e.